The lowest BCUT2D eigenvalue weighted by Gasteiger charge is -2.23. The van der Waals surface area contributed by atoms with Crippen molar-refractivity contribution < 1.29 is 4.74 Å². The standard InChI is InChI=1S/C12H24N2O/c1-2-12(15-9-1)5-8-14-10-11-3-6-13-7-4-11/h11-14H,1-10H2. The third kappa shape index (κ3) is 4.09. The van der Waals surface area contributed by atoms with Gasteiger partial charge in [0.25, 0.3) is 0 Å². The molecular weight excluding hydrogens is 188 g/mol. The van der Waals surface area contributed by atoms with Crippen LogP contribution >= 0.6 is 0 Å². The molecule has 15 heavy (non-hydrogen) atoms. The van der Waals surface area contributed by atoms with Gasteiger partial charge in [0.2, 0.25) is 0 Å². The van der Waals surface area contributed by atoms with Gasteiger partial charge in [-0.25, -0.2) is 0 Å². The lowest BCUT2D eigenvalue weighted by molar-refractivity contribution is 0.104. The largest absolute Gasteiger partial charge is 0.378 e. The van der Waals surface area contributed by atoms with Crippen molar-refractivity contribution in [1.29, 1.82) is 0 Å². The molecule has 2 N–H and O–H groups in total. The van der Waals surface area contributed by atoms with E-state index in [0.29, 0.717) is 6.10 Å². The van der Waals surface area contributed by atoms with Crippen molar-refractivity contribution in [3.8, 4) is 0 Å². The summed E-state index contributed by atoms with van der Waals surface area (Å²) in [6.07, 6.45) is 6.96. The maximum atomic E-state index is 5.59. The first-order chi connectivity index (χ1) is 7.45. The minimum absolute atomic E-state index is 0.547. The van der Waals surface area contributed by atoms with E-state index in [0.717, 1.165) is 19.1 Å². The highest BCUT2D eigenvalue weighted by Crippen LogP contribution is 2.14. The Morgan fingerprint density at radius 1 is 1.20 bits per heavy atom. The Kier molecular flexibility index (Phi) is 4.90. The van der Waals surface area contributed by atoms with Gasteiger partial charge < -0.3 is 15.4 Å². The average Bonchev–Trinajstić information content (AvgIpc) is 2.79. The minimum atomic E-state index is 0.547. The number of hydrogen-bond acceptors (Lipinski definition) is 3. The monoisotopic (exact) mass is 212 g/mol. The Bertz CT molecular complexity index is 163. The second-order valence-corrected chi connectivity index (χ2v) is 4.82. The van der Waals surface area contributed by atoms with Crippen molar-refractivity contribution >= 4 is 0 Å². The predicted molar refractivity (Wildman–Crippen MR) is 62.1 cm³/mol. The van der Waals surface area contributed by atoms with Crippen LogP contribution in [0.5, 0.6) is 0 Å². The molecule has 2 aliphatic rings. The Labute approximate surface area is 93.0 Å². The number of ether oxygens (including phenoxy) is 1. The zero-order valence-electron chi connectivity index (χ0n) is 9.63. The average molecular weight is 212 g/mol. The molecule has 0 spiro atoms. The van der Waals surface area contributed by atoms with E-state index in [-0.39, 0.29) is 0 Å². The first kappa shape index (κ1) is 11.4. The summed E-state index contributed by atoms with van der Waals surface area (Å²) >= 11 is 0. The zero-order valence-corrected chi connectivity index (χ0v) is 9.63. The van der Waals surface area contributed by atoms with E-state index < -0.39 is 0 Å². The summed E-state index contributed by atoms with van der Waals surface area (Å²) in [6, 6.07) is 0. The Balaban J connectivity index is 1.47. The first-order valence-electron chi connectivity index (χ1n) is 6.48. The van der Waals surface area contributed by atoms with Gasteiger partial charge in [0.15, 0.2) is 0 Å². The second-order valence-electron chi connectivity index (χ2n) is 4.82. The van der Waals surface area contributed by atoms with E-state index in [4.69, 9.17) is 4.74 Å². The third-order valence-electron chi connectivity index (χ3n) is 3.56. The molecule has 0 bridgehead atoms. The molecule has 0 amide bonds. The normalized spacial score (nSPS) is 28.4. The van der Waals surface area contributed by atoms with Gasteiger partial charge in [-0.15, -0.1) is 0 Å². The summed E-state index contributed by atoms with van der Waals surface area (Å²) in [5, 5.41) is 6.98. The van der Waals surface area contributed by atoms with Crippen LogP contribution in [0.1, 0.15) is 32.1 Å². The van der Waals surface area contributed by atoms with Crippen LogP contribution in [0, 0.1) is 5.92 Å². The van der Waals surface area contributed by atoms with Crippen LogP contribution in [0.4, 0.5) is 0 Å². The quantitative estimate of drug-likeness (QED) is 0.671. The molecule has 2 fully saturated rings. The molecule has 2 rings (SSSR count). The molecule has 0 saturated carbocycles. The van der Waals surface area contributed by atoms with Gasteiger partial charge >= 0.3 is 0 Å². The SMILES string of the molecule is C1COC(CCNCC2CCNCC2)C1. The van der Waals surface area contributed by atoms with Crippen molar-refractivity contribution in [2.24, 2.45) is 5.92 Å². The van der Waals surface area contributed by atoms with E-state index in [1.165, 1.54) is 51.7 Å². The van der Waals surface area contributed by atoms with Crippen molar-refractivity contribution in [3.05, 3.63) is 0 Å². The van der Waals surface area contributed by atoms with Crippen LogP contribution < -0.4 is 10.6 Å². The van der Waals surface area contributed by atoms with Crippen molar-refractivity contribution in [2.45, 2.75) is 38.2 Å². The Hall–Kier alpha value is -0.120. The lowest BCUT2D eigenvalue weighted by atomic mass is 9.98. The van der Waals surface area contributed by atoms with Gasteiger partial charge in [-0.2, -0.15) is 0 Å². The molecule has 88 valence electrons. The highest BCUT2D eigenvalue weighted by atomic mass is 16.5. The van der Waals surface area contributed by atoms with Crippen molar-refractivity contribution in [3.63, 3.8) is 0 Å². The minimum Gasteiger partial charge on any atom is -0.378 e. The summed E-state index contributed by atoms with van der Waals surface area (Å²) in [4.78, 5) is 0. The molecule has 2 saturated heterocycles. The van der Waals surface area contributed by atoms with Crippen LogP contribution in [0.2, 0.25) is 0 Å². The predicted octanol–water partition coefficient (Wildman–Crippen LogP) is 1.14. The fourth-order valence-electron chi connectivity index (χ4n) is 2.53. The number of nitrogens with one attached hydrogen (secondary N) is 2. The molecule has 1 atom stereocenters. The van der Waals surface area contributed by atoms with Gasteiger partial charge in [-0.1, -0.05) is 0 Å². The van der Waals surface area contributed by atoms with E-state index in [2.05, 4.69) is 10.6 Å². The first-order valence-corrected chi connectivity index (χ1v) is 6.48. The van der Waals surface area contributed by atoms with Gasteiger partial charge in [0.05, 0.1) is 6.10 Å². The topological polar surface area (TPSA) is 33.3 Å². The molecular formula is C12H24N2O. The van der Waals surface area contributed by atoms with Gasteiger partial charge in [0.1, 0.15) is 0 Å². The third-order valence-corrected chi connectivity index (χ3v) is 3.56. The van der Waals surface area contributed by atoms with Crippen LogP contribution in [0.3, 0.4) is 0 Å². The zero-order chi connectivity index (χ0) is 10.3. The summed E-state index contributed by atoms with van der Waals surface area (Å²) in [5.41, 5.74) is 0. The fourth-order valence-corrected chi connectivity index (χ4v) is 2.53. The molecule has 0 aliphatic carbocycles. The van der Waals surface area contributed by atoms with E-state index in [1.54, 1.807) is 0 Å². The second kappa shape index (κ2) is 6.46. The maximum absolute atomic E-state index is 5.59. The summed E-state index contributed by atoms with van der Waals surface area (Å²) in [5.74, 6) is 0.899. The number of hydrogen-bond donors (Lipinski definition) is 2. The van der Waals surface area contributed by atoms with Gasteiger partial charge in [0, 0.05) is 6.61 Å². The van der Waals surface area contributed by atoms with Crippen LogP contribution in [0.15, 0.2) is 0 Å². The van der Waals surface area contributed by atoms with Crippen LogP contribution in [-0.4, -0.2) is 38.9 Å². The number of piperidine rings is 1. The highest BCUT2D eigenvalue weighted by Gasteiger charge is 2.15. The van der Waals surface area contributed by atoms with E-state index in [1.807, 2.05) is 0 Å². The molecule has 0 aromatic rings. The van der Waals surface area contributed by atoms with E-state index >= 15 is 0 Å². The molecule has 3 nitrogen and oxygen atoms in total. The molecule has 0 radical (unpaired) electrons. The van der Waals surface area contributed by atoms with Gasteiger partial charge in [-0.05, 0) is 64.2 Å². The molecule has 1 unspecified atom stereocenters. The van der Waals surface area contributed by atoms with E-state index in [9.17, 15) is 0 Å². The molecule has 0 aromatic heterocycles. The van der Waals surface area contributed by atoms with Crippen molar-refractivity contribution in [1.82, 2.24) is 10.6 Å². The fraction of sp³-hybridized carbons (Fsp3) is 1.00. The van der Waals surface area contributed by atoms with Crippen molar-refractivity contribution in [2.75, 3.05) is 32.8 Å². The summed E-state index contributed by atoms with van der Waals surface area (Å²) < 4.78 is 5.59. The number of rotatable bonds is 5. The molecule has 0 aromatic carbocycles. The lowest BCUT2D eigenvalue weighted by Crippen LogP contribution is -2.34. The Morgan fingerprint density at radius 2 is 2.07 bits per heavy atom. The maximum Gasteiger partial charge on any atom is 0.0588 e. The van der Waals surface area contributed by atoms with Crippen LogP contribution in [-0.2, 0) is 4.74 Å². The summed E-state index contributed by atoms with van der Waals surface area (Å²) in [6.45, 7) is 5.73. The Morgan fingerprint density at radius 3 is 2.80 bits per heavy atom. The molecule has 2 heterocycles. The molecule has 3 heteroatoms. The smallest absolute Gasteiger partial charge is 0.0588 e. The molecule has 2 aliphatic heterocycles. The van der Waals surface area contributed by atoms with Gasteiger partial charge in [-0.3, -0.25) is 0 Å². The highest BCUT2D eigenvalue weighted by molar-refractivity contribution is 4.71. The van der Waals surface area contributed by atoms with Crippen LogP contribution in [0.25, 0.3) is 0 Å². The summed E-state index contributed by atoms with van der Waals surface area (Å²) in [7, 11) is 0.